The van der Waals surface area contributed by atoms with Crippen molar-refractivity contribution in [3.63, 3.8) is 0 Å². The smallest absolute Gasteiger partial charge is 0.105 e. The average Bonchev–Trinajstić information content (AvgIpc) is 2.90. The Labute approximate surface area is 104 Å². The zero-order valence-electron chi connectivity index (χ0n) is 10.9. The molecule has 0 aliphatic carbocycles. The number of aromatic nitrogens is 1. The van der Waals surface area contributed by atoms with Crippen LogP contribution in [0.25, 0.3) is 0 Å². The minimum Gasteiger partial charge on any atom is -0.361 e. The molecule has 0 aromatic carbocycles. The molecule has 4 nitrogen and oxygen atoms in total. The van der Waals surface area contributed by atoms with Crippen LogP contribution in [-0.2, 0) is 0 Å². The number of aromatic amines is 1. The highest BCUT2D eigenvalue weighted by Crippen LogP contribution is 2.11. The Balaban J connectivity index is 1.73. The van der Waals surface area contributed by atoms with E-state index in [0.29, 0.717) is 6.04 Å². The Kier molecular flexibility index (Phi) is 4.45. The molecule has 0 spiro atoms. The van der Waals surface area contributed by atoms with Gasteiger partial charge in [-0.3, -0.25) is 4.90 Å². The first kappa shape index (κ1) is 12.5. The van der Waals surface area contributed by atoms with Gasteiger partial charge in [-0.2, -0.15) is 0 Å². The third kappa shape index (κ3) is 3.48. The Morgan fingerprint density at radius 2 is 2.18 bits per heavy atom. The van der Waals surface area contributed by atoms with Crippen molar-refractivity contribution in [2.75, 3.05) is 44.7 Å². The molecule has 0 radical (unpaired) electrons. The summed E-state index contributed by atoms with van der Waals surface area (Å²) >= 11 is 0. The first-order valence-electron chi connectivity index (χ1n) is 6.56. The third-order valence-corrected chi connectivity index (χ3v) is 3.65. The van der Waals surface area contributed by atoms with Gasteiger partial charge in [0.15, 0.2) is 0 Å². The van der Waals surface area contributed by atoms with Crippen LogP contribution in [-0.4, -0.2) is 55.7 Å². The van der Waals surface area contributed by atoms with Gasteiger partial charge in [0, 0.05) is 52.0 Å². The highest BCUT2D eigenvalue weighted by atomic mass is 15.2. The number of nitrogens with zero attached hydrogens (tertiary/aromatic N) is 2. The Morgan fingerprint density at radius 1 is 1.41 bits per heavy atom. The van der Waals surface area contributed by atoms with Crippen molar-refractivity contribution in [2.45, 2.75) is 19.4 Å². The molecule has 0 bridgehead atoms. The standard InChI is InChI=1S/C13H24N4/c1-12(17-10-7-14-8-11-17)5-9-16(2)13-4-3-6-15-13/h3-4,6,12,14-15H,5,7-11H2,1-2H3. The molecule has 4 heteroatoms. The van der Waals surface area contributed by atoms with Gasteiger partial charge in [0.1, 0.15) is 5.82 Å². The number of rotatable bonds is 5. The number of H-pyrrole nitrogens is 1. The molecule has 1 aliphatic rings. The van der Waals surface area contributed by atoms with Crippen molar-refractivity contribution in [3.8, 4) is 0 Å². The fourth-order valence-corrected chi connectivity index (χ4v) is 2.36. The minimum atomic E-state index is 0.675. The highest BCUT2D eigenvalue weighted by molar-refractivity contribution is 5.37. The van der Waals surface area contributed by atoms with E-state index >= 15 is 0 Å². The van der Waals surface area contributed by atoms with E-state index in [4.69, 9.17) is 0 Å². The first-order chi connectivity index (χ1) is 8.27. The summed E-state index contributed by atoms with van der Waals surface area (Å²) in [6.45, 7) is 8.09. The van der Waals surface area contributed by atoms with Crippen LogP contribution in [0.5, 0.6) is 0 Å². The lowest BCUT2D eigenvalue weighted by molar-refractivity contribution is 0.178. The second-order valence-corrected chi connectivity index (χ2v) is 4.90. The van der Waals surface area contributed by atoms with E-state index in [0.717, 1.165) is 19.6 Å². The minimum absolute atomic E-state index is 0.675. The second-order valence-electron chi connectivity index (χ2n) is 4.90. The van der Waals surface area contributed by atoms with Crippen molar-refractivity contribution in [2.24, 2.45) is 0 Å². The van der Waals surface area contributed by atoms with Gasteiger partial charge in [-0.25, -0.2) is 0 Å². The second kappa shape index (κ2) is 6.07. The maximum Gasteiger partial charge on any atom is 0.105 e. The molecule has 0 amide bonds. The summed E-state index contributed by atoms with van der Waals surface area (Å²) in [5.41, 5.74) is 0. The molecular formula is C13H24N4. The lowest BCUT2D eigenvalue weighted by Crippen LogP contribution is -2.48. The summed E-state index contributed by atoms with van der Waals surface area (Å²) in [6, 6.07) is 4.84. The largest absolute Gasteiger partial charge is 0.361 e. The van der Waals surface area contributed by atoms with Gasteiger partial charge < -0.3 is 15.2 Å². The van der Waals surface area contributed by atoms with Crippen LogP contribution in [0.15, 0.2) is 18.3 Å². The zero-order valence-corrected chi connectivity index (χ0v) is 10.9. The Morgan fingerprint density at radius 3 is 2.82 bits per heavy atom. The van der Waals surface area contributed by atoms with Crippen LogP contribution >= 0.6 is 0 Å². The highest BCUT2D eigenvalue weighted by Gasteiger charge is 2.16. The maximum absolute atomic E-state index is 3.40. The zero-order chi connectivity index (χ0) is 12.1. The monoisotopic (exact) mass is 236 g/mol. The molecule has 1 saturated heterocycles. The van der Waals surface area contributed by atoms with Crippen LogP contribution in [0.1, 0.15) is 13.3 Å². The number of anilines is 1. The van der Waals surface area contributed by atoms with Crippen LogP contribution < -0.4 is 10.2 Å². The predicted molar refractivity (Wildman–Crippen MR) is 72.6 cm³/mol. The summed E-state index contributed by atoms with van der Waals surface area (Å²) < 4.78 is 0. The normalized spacial score (nSPS) is 19.2. The fraction of sp³-hybridized carbons (Fsp3) is 0.692. The Hall–Kier alpha value is -1.00. The predicted octanol–water partition coefficient (Wildman–Crippen LogP) is 1.13. The molecule has 1 atom stereocenters. The van der Waals surface area contributed by atoms with Crippen LogP contribution in [0.4, 0.5) is 5.82 Å². The van der Waals surface area contributed by atoms with Crippen LogP contribution in [0, 0.1) is 0 Å². The average molecular weight is 236 g/mol. The van der Waals surface area contributed by atoms with Crippen molar-refractivity contribution >= 4 is 5.82 Å². The van der Waals surface area contributed by atoms with Gasteiger partial charge in [0.25, 0.3) is 0 Å². The quantitative estimate of drug-likeness (QED) is 0.804. The number of hydrogen-bond donors (Lipinski definition) is 2. The van der Waals surface area contributed by atoms with Crippen molar-refractivity contribution in [3.05, 3.63) is 18.3 Å². The summed E-state index contributed by atoms with van der Waals surface area (Å²) in [6.07, 6.45) is 3.20. The van der Waals surface area contributed by atoms with E-state index in [1.165, 1.54) is 25.3 Å². The number of piperazine rings is 1. The number of nitrogens with one attached hydrogen (secondary N) is 2. The summed E-state index contributed by atoms with van der Waals surface area (Å²) in [5.74, 6) is 1.21. The molecule has 1 unspecified atom stereocenters. The van der Waals surface area contributed by atoms with Gasteiger partial charge in [-0.1, -0.05) is 0 Å². The van der Waals surface area contributed by atoms with Crippen molar-refractivity contribution in [1.29, 1.82) is 0 Å². The summed E-state index contributed by atoms with van der Waals surface area (Å²) in [4.78, 5) is 8.12. The molecular weight excluding hydrogens is 212 g/mol. The molecule has 17 heavy (non-hydrogen) atoms. The van der Waals surface area contributed by atoms with Gasteiger partial charge in [0.05, 0.1) is 0 Å². The van der Waals surface area contributed by atoms with Crippen molar-refractivity contribution in [1.82, 2.24) is 15.2 Å². The fourth-order valence-electron chi connectivity index (χ4n) is 2.36. The molecule has 2 N–H and O–H groups in total. The van der Waals surface area contributed by atoms with E-state index < -0.39 is 0 Å². The molecule has 1 aromatic heterocycles. The first-order valence-corrected chi connectivity index (χ1v) is 6.56. The summed E-state index contributed by atoms with van der Waals surface area (Å²) in [7, 11) is 2.15. The van der Waals surface area contributed by atoms with E-state index in [2.05, 4.69) is 40.1 Å². The van der Waals surface area contributed by atoms with Crippen LogP contribution in [0.2, 0.25) is 0 Å². The van der Waals surface area contributed by atoms with E-state index in [1.54, 1.807) is 0 Å². The van der Waals surface area contributed by atoms with E-state index in [1.807, 2.05) is 12.3 Å². The molecule has 2 heterocycles. The SMILES string of the molecule is CC(CCN(C)c1ccc[nH]1)N1CCNCC1. The molecule has 0 saturated carbocycles. The molecule has 1 fully saturated rings. The van der Waals surface area contributed by atoms with Gasteiger partial charge >= 0.3 is 0 Å². The third-order valence-electron chi connectivity index (χ3n) is 3.65. The lowest BCUT2D eigenvalue weighted by Gasteiger charge is -2.33. The maximum atomic E-state index is 3.40. The summed E-state index contributed by atoms with van der Waals surface area (Å²) in [5, 5.41) is 3.40. The molecule has 1 aliphatic heterocycles. The van der Waals surface area contributed by atoms with E-state index in [-0.39, 0.29) is 0 Å². The van der Waals surface area contributed by atoms with Gasteiger partial charge in [-0.05, 0) is 25.5 Å². The topological polar surface area (TPSA) is 34.3 Å². The number of hydrogen-bond acceptors (Lipinski definition) is 3. The molecule has 96 valence electrons. The van der Waals surface area contributed by atoms with E-state index in [9.17, 15) is 0 Å². The van der Waals surface area contributed by atoms with Crippen molar-refractivity contribution < 1.29 is 0 Å². The van der Waals surface area contributed by atoms with Crippen LogP contribution in [0.3, 0.4) is 0 Å². The Bertz CT molecular complexity index is 303. The lowest BCUT2D eigenvalue weighted by atomic mass is 10.1. The molecule has 1 aromatic rings. The van der Waals surface area contributed by atoms with Gasteiger partial charge in [-0.15, -0.1) is 0 Å². The van der Waals surface area contributed by atoms with Gasteiger partial charge in [0.2, 0.25) is 0 Å². The molecule has 2 rings (SSSR count).